The lowest BCUT2D eigenvalue weighted by Gasteiger charge is -2.31. The van der Waals surface area contributed by atoms with E-state index in [1.165, 1.54) is 18.2 Å². The van der Waals surface area contributed by atoms with Gasteiger partial charge in [-0.3, -0.25) is 4.79 Å². The Labute approximate surface area is 152 Å². The second-order valence-electron chi connectivity index (χ2n) is 6.45. The molecular weight excluding hydrogens is 333 g/mol. The van der Waals surface area contributed by atoms with Crippen molar-refractivity contribution in [1.82, 2.24) is 14.9 Å². The number of nitrogens with zero attached hydrogens (tertiary/aromatic N) is 3. The molecule has 1 saturated heterocycles. The van der Waals surface area contributed by atoms with Crippen molar-refractivity contribution >= 4 is 12.0 Å². The van der Waals surface area contributed by atoms with E-state index in [9.17, 15) is 9.18 Å². The first kappa shape index (κ1) is 18.0. The summed E-state index contributed by atoms with van der Waals surface area (Å²) in [5.41, 5.74) is 2.10. The highest BCUT2D eigenvalue weighted by Crippen LogP contribution is 2.17. The smallest absolute Gasteiger partial charge is 0.317 e. The zero-order valence-electron chi connectivity index (χ0n) is 15.0. The lowest BCUT2D eigenvalue weighted by molar-refractivity contribution is -0.128. The van der Waals surface area contributed by atoms with Crippen LogP contribution in [-0.4, -0.2) is 40.0 Å². The SMILES string of the molecule is Cc1cc(C)nc(OC2CCCN(C(=O)/C=C/c3ccccc3F)C2)n1. The predicted octanol–water partition coefficient (Wildman–Crippen LogP) is 3.32. The molecule has 0 saturated carbocycles. The molecule has 1 unspecified atom stereocenters. The molecule has 1 aromatic carbocycles. The van der Waals surface area contributed by atoms with Crippen LogP contribution in [-0.2, 0) is 4.79 Å². The molecule has 2 aromatic rings. The number of halogens is 1. The molecule has 1 fully saturated rings. The van der Waals surface area contributed by atoms with Crippen molar-refractivity contribution in [2.24, 2.45) is 0 Å². The average Bonchev–Trinajstić information content (AvgIpc) is 2.60. The van der Waals surface area contributed by atoms with Gasteiger partial charge in [0.15, 0.2) is 0 Å². The molecule has 1 atom stereocenters. The number of hydrogen-bond acceptors (Lipinski definition) is 4. The summed E-state index contributed by atoms with van der Waals surface area (Å²) in [5, 5.41) is 0. The summed E-state index contributed by atoms with van der Waals surface area (Å²) in [6.07, 6.45) is 4.46. The van der Waals surface area contributed by atoms with Crippen molar-refractivity contribution in [2.75, 3.05) is 13.1 Å². The number of ether oxygens (including phenoxy) is 1. The van der Waals surface area contributed by atoms with Gasteiger partial charge in [0.25, 0.3) is 0 Å². The van der Waals surface area contributed by atoms with E-state index in [0.717, 1.165) is 24.2 Å². The number of piperidine rings is 1. The fourth-order valence-corrected chi connectivity index (χ4v) is 3.01. The Morgan fingerprint density at radius 1 is 1.27 bits per heavy atom. The number of carbonyl (C=O) groups excluding carboxylic acids is 1. The number of aryl methyl sites for hydroxylation is 2. The molecule has 1 aliphatic rings. The minimum Gasteiger partial charge on any atom is -0.458 e. The van der Waals surface area contributed by atoms with E-state index in [4.69, 9.17) is 4.74 Å². The zero-order valence-corrected chi connectivity index (χ0v) is 15.0. The lowest BCUT2D eigenvalue weighted by atomic mass is 10.1. The largest absolute Gasteiger partial charge is 0.458 e. The van der Waals surface area contributed by atoms with Crippen LogP contribution < -0.4 is 4.74 Å². The summed E-state index contributed by atoms with van der Waals surface area (Å²) in [7, 11) is 0. The molecule has 0 bridgehead atoms. The number of hydrogen-bond donors (Lipinski definition) is 0. The minimum absolute atomic E-state index is 0.143. The predicted molar refractivity (Wildman–Crippen MR) is 97.2 cm³/mol. The number of likely N-dealkylation sites (tertiary alicyclic amines) is 1. The molecule has 0 N–H and O–H groups in total. The van der Waals surface area contributed by atoms with Gasteiger partial charge in [0.2, 0.25) is 5.91 Å². The maximum Gasteiger partial charge on any atom is 0.317 e. The maximum absolute atomic E-state index is 13.6. The van der Waals surface area contributed by atoms with Crippen LogP contribution in [0.2, 0.25) is 0 Å². The van der Waals surface area contributed by atoms with Crippen molar-refractivity contribution in [1.29, 1.82) is 0 Å². The molecule has 1 amide bonds. The summed E-state index contributed by atoms with van der Waals surface area (Å²) in [6.45, 7) is 4.92. The van der Waals surface area contributed by atoms with Gasteiger partial charge in [0.05, 0.1) is 6.54 Å². The normalized spacial score (nSPS) is 17.5. The molecule has 6 heteroatoms. The number of amides is 1. The number of benzene rings is 1. The molecule has 0 aliphatic carbocycles. The van der Waals surface area contributed by atoms with E-state index in [1.807, 2.05) is 19.9 Å². The van der Waals surface area contributed by atoms with Crippen LogP contribution in [0.5, 0.6) is 6.01 Å². The van der Waals surface area contributed by atoms with Gasteiger partial charge in [-0.25, -0.2) is 14.4 Å². The highest BCUT2D eigenvalue weighted by atomic mass is 19.1. The van der Waals surface area contributed by atoms with E-state index in [2.05, 4.69) is 9.97 Å². The van der Waals surface area contributed by atoms with Crippen molar-refractivity contribution in [3.63, 3.8) is 0 Å². The molecule has 136 valence electrons. The monoisotopic (exact) mass is 355 g/mol. The van der Waals surface area contributed by atoms with Crippen molar-refractivity contribution in [3.05, 3.63) is 59.2 Å². The standard InChI is InChI=1S/C20H22FN3O2/c1-14-12-15(2)23-20(22-14)26-17-7-5-11-24(13-17)19(25)10-9-16-6-3-4-8-18(16)21/h3-4,6,8-10,12,17H,5,7,11,13H2,1-2H3/b10-9+. The summed E-state index contributed by atoms with van der Waals surface area (Å²) in [5.74, 6) is -0.494. The molecule has 0 spiro atoms. The van der Waals surface area contributed by atoms with Crippen LogP contribution in [0.25, 0.3) is 6.08 Å². The Morgan fingerprint density at radius 2 is 2.00 bits per heavy atom. The van der Waals surface area contributed by atoms with Crippen LogP contribution in [0, 0.1) is 19.7 Å². The minimum atomic E-state index is -0.344. The molecule has 5 nitrogen and oxygen atoms in total. The number of carbonyl (C=O) groups is 1. The highest BCUT2D eigenvalue weighted by molar-refractivity contribution is 5.91. The molecular formula is C20H22FN3O2. The zero-order chi connectivity index (χ0) is 18.5. The quantitative estimate of drug-likeness (QED) is 0.790. The molecule has 3 rings (SSSR count). The number of rotatable bonds is 4. The molecule has 26 heavy (non-hydrogen) atoms. The van der Waals surface area contributed by atoms with Gasteiger partial charge in [-0.05, 0) is 44.9 Å². The fourth-order valence-electron chi connectivity index (χ4n) is 3.01. The molecule has 2 heterocycles. The topological polar surface area (TPSA) is 55.3 Å². The van der Waals surface area contributed by atoms with E-state index in [0.29, 0.717) is 24.7 Å². The van der Waals surface area contributed by atoms with Gasteiger partial charge < -0.3 is 9.64 Å². The lowest BCUT2D eigenvalue weighted by Crippen LogP contribution is -2.44. The first-order chi connectivity index (χ1) is 12.5. The van der Waals surface area contributed by atoms with Crippen LogP contribution in [0.15, 0.2) is 36.4 Å². The van der Waals surface area contributed by atoms with E-state index in [-0.39, 0.29) is 17.8 Å². The Kier molecular flexibility index (Phi) is 5.61. The summed E-state index contributed by atoms with van der Waals surface area (Å²) in [6, 6.07) is 8.61. The molecule has 0 radical (unpaired) electrons. The fraction of sp³-hybridized carbons (Fsp3) is 0.350. The van der Waals surface area contributed by atoms with Gasteiger partial charge >= 0.3 is 6.01 Å². The van der Waals surface area contributed by atoms with Crippen LogP contribution >= 0.6 is 0 Å². The maximum atomic E-state index is 13.6. The van der Waals surface area contributed by atoms with Crippen LogP contribution in [0.1, 0.15) is 29.8 Å². The number of aromatic nitrogens is 2. The molecule has 1 aliphatic heterocycles. The van der Waals surface area contributed by atoms with Crippen molar-refractivity contribution in [2.45, 2.75) is 32.8 Å². The Balaban J connectivity index is 1.62. The van der Waals surface area contributed by atoms with Gasteiger partial charge in [0, 0.05) is 29.6 Å². The van der Waals surface area contributed by atoms with Crippen LogP contribution in [0.4, 0.5) is 4.39 Å². The van der Waals surface area contributed by atoms with E-state index in [1.54, 1.807) is 23.1 Å². The second-order valence-corrected chi connectivity index (χ2v) is 6.45. The second kappa shape index (κ2) is 8.08. The van der Waals surface area contributed by atoms with Crippen LogP contribution in [0.3, 0.4) is 0 Å². The third-order valence-electron chi connectivity index (χ3n) is 4.23. The van der Waals surface area contributed by atoms with Crippen molar-refractivity contribution < 1.29 is 13.9 Å². The summed E-state index contributed by atoms with van der Waals surface area (Å²) >= 11 is 0. The molecule has 1 aromatic heterocycles. The third-order valence-corrected chi connectivity index (χ3v) is 4.23. The summed E-state index contributed by atoms with van der Waals surface area (Å²) in [4.78, 5) is 22.7. The summed E-state index contributed by atoms with van der Waals surface area (Å²) < 4.78 is 19.5. The van der Waals surface area contributed by atoms with Crippen molar-refractivity contribution in [3.8, 4) is 6.01 Å². The Bertz CT molecular complexity index is 802. The highest BCUT2D eigenvalue weighted by Gasteiger charge is 2.24. The average molecular weight is 355 g/mol. The first-order valence-electron chi connectivity index (χ1n) is 8.72. The van der Waals surface area contributed by atoms with E-state index < -0.39 is 0 Å². The third kappa shape index (κ3) is 4.65. The Hall–Kier alpha value is -2.76. The Morgan fingerprint density at radius 3 is 2.73 bits per heavy atom. The van der Waals surface area contributed by atoms with Gasteiger partial charge in [0.1, 0.15) is 11.9 Å². The first-order valence-corrected chi connectivity index (χ1v) is 8.72. The van der Waals surface area contributed by atoms with E-state index >= 15 is 0 Å². The van der Waals surface area contributed by atoms with Gasteiger partial charge in [-0.1, -0.05) is 18.2 Å². The van der Waals surface area contributed by atoms with Gasteiger partial charge in [-0.2, -0.15) is 0 Å². The van der Waals surface area contributed by atoms with Gasteiger partial charge in [-0.15, -0.1) is 0 Å².